The molecule has 4 heteroatoms. The minimum absolute atomic E-state index is 0.280. The smallest absolute Gasteiger partial charge is 0.151 e. The number of nitrogens with zero attached hydrogens (tertiary/aromatic N) is 1. The Bertz CT molecular complexity index is 406. The minimum Gasteiger partial charge on any atom is -0.327 e. The van der Waals surface area contributed by atoms with Gasteiger partial charge in [-0.1, -0.05) is 30.8 Å². The molecule has 0 fully saturated rings. The van der Waals surface area contributed by atoms with Crippen LogP contribution in [-0.2, 0) is 0 Å². The van der Waals surface area contributed by atoms with Crippen LogP contribution in [-0.4, -0.2) is 16.8 Å². The third-order valence-corrected chi connectivity index (χ3v) is 4.59. The SMILES string of the molecule is CC[C@H](N)CSc1nc2ccccc2s1. The average Bonchev–Trinajstić information content (AvgIpc) is 2.68. The molecule has 0 unspecified atom stereocenters. The normalized spacial score (nSPS) is 13.2. The van der Waals surface area contributed by atoms with Gasteiger partial charge in [0.15, 0.2) is 4.34 Å². The number of nitrogens with two attached hydrogens (primary N) is 1. The largest absolute Gasteiger partial charge is 0.327 e. The molecule has 2 aromatic rings. The van der Waals surface area contributed by atoms with Gasteiger partial charge >= 0.3 is 0 Å². The molecule has 0 amide bonds. The summed E-state index contributed by atoms with van der Waals surface area (Å²) >= 11 is 3.51. The fourth-order valence-electron chi connectivity index (χ4n) is 1.21. The summed E-state index contributed by atoms with van der Waals surface area (Å²) in [5, 5.41) is 0. The lowest BCUT2D eigenvalue weighted by Gasteiger charge is -2.04. The average molecular weight is 238 g/mol. The molecule has 80 valence electrons. The van der Waals surface area contributed by atoms with Crippen LogP contribution in [0.4, 0.5) is 0 Å². The molecule has 2 N–H and O–H groups in total. The first kappa shape index (κ1) is 10.9. The van der Waals surface area contributed by atoms with Crippen molar-refractivity contribution in [2.75, 3.05) is 5.75 Å². The molecule has 0 bridgehead atoms. The second kappa shape index (κ2) is 4.96. The van der Waals surface area contributed by atoms with Crippen molar-refractivity contribution in [2.24, 2.45) is 5.73 Å². The van der Waals surface area contributed by atoms with E-state index in [1.807, 2.05) is 12.1 Å². The molecule has 1 aromatic carbocycles. The molecule has 0 radical (unpaired) electrons. The lowest BCUT2D eigenvalue weighted by molar-refractivity contribution is 0.725. The molecule has 2 nitrogen and oxygen atoms in total. The van der Waals surface area contributed by atoms with Crippen LogP contribution in [0.3, 0.4) is 0 Å². The van der Waals surface area contributed by atoms with Crippen LogP contribution in [0, 0.1) is 0 Å². The Morgan fingerprint density at radius 2 is 2.27 bits per heavy atom. The molecular weight excluding hydrogens is 224 g/mol. The minimum atomic E-state index is 0.280. The summed E-state index contributed by atoms with van der Waals surface area (Å²) in [6.45, 7) is 2.11. The van der Waals surface area contributed by atoms with Gasteiger partial charge in [0.1, 0.15) is 0 Å². The summed E-state index contributed by atoms with van der Waals surface area (Å²) < 4.78 is 2.38. The summed E-state index contributed by atoms with van der Waals surface area (Å²) in [7, 11) is 0. The highest BCUT2D eigenvalue weighted by atomic mass is 32.2. The maximum atomic E-state index is 5.87. The van der Waals surface area contributed by atoms with Gasteiger partial charge in [0, 0.05) is 11.8 Å². The Balaban J connectivity index is 2.09. The Kier molecular flexibility index (Phi) is 3.61. The molecule has 0 spiro atoms. The number of benzene rings is 1. The number of thioether (sulfide) groups is 1. The molecular formula is C11H14N2S2. The van der Waals surface area contributed by atoms with Gasteiger partial charge in [-0.05, 0) is 18.6 Å². The van der Waals surface area contributed by atoms with E-state index in [4.69, 9.17) is 5.73 Å². The molecule has 2 rings (SSSR count). The number of para-hydroxylation sites is 1. The van der Waals surface area contributed by atoms with Crippen LogP contribution in [0.1, 0.15) is 13.3 Å². The molecule has 0 aliphatic carbocycles. The Labute approximate surface area is 97.9 Å². The third kappa shape index (κ3) is 2.71. The topological polar surface area (TPSA) is 38.9 Å². The summed E-state index contributed by atoms with van der Waals surface area (Å²) in [4.78, 5) is 4.54. The van der Waals surface area contributed by atoms with E-state index in [2.05, 4.69) is 24.0 Å². The molecule has 1 heterocycles. The number of aromatic nitrogens is 1. The van der Waals surface area contributed by atoms with Gasteiger partial charge in [0.05, 0.1) is 10.2 Å². The van der Waals surface area contributed by atoms with Gasteiger partial charge in [-0.2, -0.15) is 0 Å². The van der Waals surface area contributed by atoms with Crippen molar-refractivity contribution in [2.45, 2.75) is 23.7 Å². The van der Waals surface area contributed by atoms with Gasteiger partial charge < -0.3 is 5.73 Å². The highest BCUT2D eigenvalue weighted by Gasteiger charge is 2.05. The first-order chi connectivity index (χ1) is 7.29. The maximum Gasteiger partial charge on any atom is 0.151 e. The van der Waals surface area contributed by atoms with Crippen LogP contribution in [0.2, 0.25) is 0 Å². The van der Waals surface area contributed by atoms with Gasteiger partial charge in [-0.15, -0.1) is 11.3 Å². The van der Waals surface area contributed by atoms with E-state index in [1.54, 1.807) is 23.1 Å². The van der Waals surface area contributed by atoms with Crippen molar-refractivity contribution >= 4 is 33.3 Å². The number of rotatable bonds is 4. The zero-order valence-electron chi connectivity index (χ0n) is 8.64. The summed E-state index contributed by atoms with van der Waals surface area (Å²) in [6.07, 6.45) is 1.03. The molecule has 0 saturated heterocycles. The zero-order chi connectivity index (χ0) is 10.7. The predicted octanol–water partition coefficient (Wildman–Crippen LogP) is 3.13. The van der Waals surface area contributed by atoms with Crippen LogP contribution in [0.5, 0.6) is 0 Å². The molecule has 15 heavy (non-hydrogen) atoms. The van der Waals surface area contributed by atoms with E-state index in [-0.39, 0.29) is 6.04 Å². The van der Waals surface area contributed by atoms with E-state index in [9.17, 15) is 0 Å². The number of fused-ring (bicyclic) bond motifs is 1. The van der Waals surface area contributed by atoms with Crippen LogP contribution in [0.25, 0.3) is 10.2 Å². The highest BCUT2D eigenvalue weighted by Crippen LogP contribution is 2.29. The standard InChI is InChI=1S/C11H14N2S2/c1-2-8(12)7-14-11-13-9-5-3-4-6-10(9)15-11/h3-6,8H,2,7,12H2,1H3/t8-/m0/s1. The molecule has 0 aliphatic heterocycles. The maximum absolute atomic E-state index is 5.87. The number of thiazole rings is 1. The number of hydrogen-bond donors (Lipinski definition) is 1. The van der Waals surface area contributed by atoms with Crippen LogP contribution < -0.4 is 5.73 Å². The molecule has 1 aromatic heterocycles. The lowest BCUT2D eigenvalue weighted by atomic mass is 10.3. The first-order valence-electron chi connectivity index (χ1n) is 5.03. The Morgan fingerprint density at radius 1 is 1.47 bits per heavy atom. The zero-order valence-corrected chi connectivity index (χ0v) is 10.3. The monoisotopic (exact) mass is 238 g/mol. The highest BCUT2D eigenvalue weighted by molar-refractivity contribution is 8.01. The Morgan fingerprint density at radius 3 is 3.00 bits per heavy atom. The van der Waals surface area contributed by atoms with Gasteiger partial charge in [0.25, 0.3) is 0 Å². The van der Waals surface area contributed by atoms with Crippen molar-refractivity contribution in [3.8, 4) is 0 Å². The van der Waals surface area contributed by atoms with Gasteiger partial charge in [0.2, 0.25) is 0 Å². The fourth-order valence-corrected chi connectivity index (χ4v) is 3.37. The molecule has 0 aliphatic rings. The van der Waals surface area contributed by atoms with Crippen molar-refractivity contribution in [3.63, 3.8) is 0 Å². The van der Waals surface area contributed by atoms with Crippen molar-refractivity contribution in [1.29, 1.82) is 0 Å². The van der Waals surface area contributed by atoms with E-state index >= 15 is 0 Å². The van der Waals surface area contributed by atoms with Crippen molar-refractivity contribution in [3.05, 3.63) is 24.3 Å². The molecule has 1 atom stereocenters. The Hall–Kier alpha value is -0.580. The summed E-state index contributed by atoms with van der Waals surface area (Å²) in [5.41, 5.74) is 6.96. The van der Waals surface area contributed by atoms with Gasteiger partial charge in [-0.3, -0.25) is 0 Å². The van der Waals surface area contributed by atoms with Crippen LogP contribution in [0.15, 0.2) is 28.6 Å². The fraction of sp³-hybridized carbons (Fsp3) is 0.364. The second-order valence-corrected chi connectivity index (χ2v) is 5.72. The summed E-state index contributed by atoms with van der Waals surface area (Å²) in [5.74, 6) is 0.955. The van der Waals surface area contributed by atoms with E-state index in [0.717, 1.165) is 22.0 Å². The van der Waals surface area contributed by atoms with E-state index in [0.29, 0.717) is 0 Å². The van der Waals surface area contributed by atoms with E-state index in [1.165, 1.54) is 4.70 Å². The van der Waals surface area contributed by atoms with Crippen molar-refractivity contribution < 1.29 is 0 Å². The predicted molar refractivity (Wildman–Crippen MR) is 68.6 cm³/mol. The van der Waals surface area contributed by atoms with Crippen LogP contribution >= 0.6 is 23.1 Å². The molecule has 0 saturated carbocycles. The van der Waals surface area contributed by atoms with E-state index < -0.39 is 0 Å². The first-order valence-corrected chi connectivity index (χ1v) is 6.83. The quantitative estimate of drug-likeness (QED) is 0.832. The van der Waals surface area contributed by atoms with Crippen molar-refractivity contribution in [1.82, 2.24) is 4.98 Å². The summed E-state index contributed by atoms with van der Waals surface area (Å²) in [6, 6.07) is 8.51. The van der Waals surface area contributed by atoms with Gasteiger partial charge in [-0.25, -0.2) is 4.98 Å². The third-order valence-electron chi connectivity index (χ3n) is 2.22. The second-order valence-electron chi connectivity index (χ2n) is 3.43. The lowest BCUT2D eigenvalue weighted by Crippen LogP contribution is -2.21. The number of hydrogen-bond acceptors (Lipinski definition) is 4.